The van der Waals surface area contributed by atoms with Crippen LogP contribution in [0.15, 0.2) is 23.8 Å². The van der Waals surface area contributed by atoms with Crippen LogP contribution >= 0.6 is 0 Å². The number of Topliss-reactive ketones (excluding diaryl/α,β-unsaturated/α-hetero) is 1. The lowest BCUT2D eigenvalue weighted by molar-refractivity contribution is -0.113. The van der Waals surface area contributed by atoms with Crippen LogP contribution in [0.3, 0.4) is 0 Å². The van der Waals surface area contributed by atoms with Crippen molar-refractivity contribution in [3.8, 4) is 0 Å². The summed E-state index contributed by atoms with van der Waals surface area (Å²) in [6.07, 6.45) is 5.58. The van der Waals surface area contributed by atoms with E-state index in [4.69, 9.17) is 5.73 Å². The molecule has 0 aromatic rings. The fourth-order valence-electron chi connectivity index (χ4n) is 0.844. The van der Waals surface area contributed by atoms with Crippen molar-refractivity contribution in [3.05, 3.63) is 23.8 Å². The molecule has 0 fully saturated rings. The van der Waals surface area contributed by atoms with Gasteiger partial charge in [-0.05, 0) is 26.3 Å². The maximum Gasteiger partial charge on any atom is 0.159 e. The first-order chi connectivity index (χ1) is 5.61. The molecule has 0 amide bonds. The van der Waals surface area contributed by atoms with Gasteiger partial charge in [-0.25, -0.2) is 0 Å². The zero-order chi connectivity index (χ0) is 9.56. The van der Waals surface area contributed by atoms with Gasteiger partial charge in [0.1, 0.15) is 0 Å². The van der Waals surface area contributed by atoms with Crippen LogP contribution in [0.5, 0.6) is 0 Å². The van der Waals surface area contributed by atoms with E-state index in [2.05, 4.69) is 0 Å². The second-order valence-corrected chi connectivity index (χ2v) is 2.89. The first kappa shape index (κ1) is 11.1. The zero-order valence-corrected chi connectivity index (χ0v) is 8.00. The molecular weight excluding hydrogens is 150 g/mol. The molecule has 0 rings (SSSR count). The summed E-state index contributed by atoms with van der Waals surface area (Å²) >= 11 is 0. The number of ketones is 1. The molecule has 68 valence electrons. The fourth-order valence-corrected chi connectivity index (χ4v) is 0.844. The number of carbonyl (C=O) groups is 1. The Morgan fingerprint density at radius 2 is 2.17 bits per heavy atom. The summed E-state index contributed by atoms with van der Waals surface area (Å²) < 4.78 is 0. The molecule has 0 saturated carbocycles. The van der Waals surface area contributed by atoms with Gasteiger partial charge in [-0.1, -0.05) is 25.2 Å². The van der Waals surface area contributed by atoms with Crippen molar-refractivity contribution in [1.29, 1.82) is 0 Å². The number of rotatable bonds is 4. The van der Waals surface area contributed by atoms with Crippen LogP contribution in [-0.2, 0) is 4.79 Å². The Morgan fingerprint density at radius 1 is 1.58 bits per heavy atom. The van der Waals surface area contributed by atoms with Gasteiger partial charge < -0.3 is 5.73 Å². The molecule has 1 unspecified atom stereocenters. The summed E-state index contributed by atoms with van der Waals surface area (Å²) in [5, 5.41) is 0. The van der Waals surface area contributed by atoms with Gasteiger partial charge in [0.15, 0.2) is 5.78 Å². The smallest absolute Gasteiger partial charge is 0.159 e. The van der Waals surface area contributed by atoms with Crippen LogP contribution in [0.4, 0.5) is 0 Å². The van der Waals surface area contributed by atoms with E-state index in [9.17, 15) is 4.79 Å². The predicted octanol–water partition coefficient (Wildman–Crippen LogP) is 1.67. The second-order valence-electron chi connectivity index (χ2n) is 2.89. The molecule has 0 aliphatic rings. The first-order valence-electron chi connectivity index (χ1n) is 4.17. The molecule has 2 N–H and O–H groups in total. The van der Waals surface area contributed by atoms with Gasteiger partial charge in [0, 0.05) is 5.57 Å². The summed E-state index contributed by atoms with van der Waals surface area (Å²) in [6.45, 7) is 6.03. The first-order valence-corrected chi connectivity index (χ1v) is 4.17. The molecule has 0 aromatic heterocycles. The van der Waals surface area contributed by atoms with Crippen LogP contribution in [0, 0.1) is 5.92 Å². The van der Waals surface area contributed by atoms with E-state index < -0.39 is 0 Å². The van der Waals surface area contributed by atoms with Crippen molar-refractivity contribution >= 4 is 5.78 Å². The number of hydrogen-bond acceptors (Lipinski definition) is 2. The lowest BCUT2D eigenvalue weighted by Crippen LogP contribution is -2.09. The lowest BCUT2D eigenvalue weighted by Gasteiger charge is -2.02. The highest BCUT2D eigenvalue weighted by molar-refractivity contribution is 5.95. The van der Waals surface area contributed by atoms with E-state index in [0.29, 0.717) is 6.54 Å². The molecule has 0 heterocycles. The molecule has 0 aliphatic heterocycles. The highest BCUT2D eigenvalue weighted by Gasteiger charge is 2.01. The van der Waals surface area contributed by atoms with Gasteiger partial charge in [0.05, 0.1) is 0 Å². The number of carbonyl (C=O) groups excluding carboxylic acids is 1. The van der Waals surface area contributed by atoms with E-state index in [0.717, 1.165) is 5.57 Å². The monoisotopic (exact) mass is 167 g/mol. The van der Waals surface area contributed by atoms with E-state index >= 15 is 0 Å². The average molecular weight is 167 g/mol. The van der Waals surface area contributed by atoms with Crippen LogP contribution in [0.1, 0.15) is 20.8 Å². The quantitative estimate of drug-likeness (QED) is 0.511. The third-order valence-electron chi connectivity index (χ3n) is 1.59. The van der Waals surface area contributed by atoms with Gasteiger partial charge >= 0.3 is 0 Å². The number of nitrogens with two attached hydrogens (primary N) is 1. The summed E-state index contributed by atoms with van der Waals surface area (Å²) in [5.41, 5.74) is 6.18. The molecule has 0 saturated heterocycles. The van der Waals surface area contributed by atoms with E-state index in [-0.39, 0.29) is 11.7 Å². The van der Waals surface area contributed by atoms with Crippen LogP contribution < -0.4 is 5.73 Å². The minimum absolute atomic E-state index is 0.0911. The van der Waals surface area contributed by atoms with Crippen molar-refractivity contribution in [2.24, 2.45) is 11.7 Å². The van der Waals surface area contributed by atoms with Crippen LogP contribution in [-0.4, -0.2) is 12.3 Å². The van der Waals surface area contributed by atoms with Crippen molar-refractivity contribution in [1.82, 2.24) is 0 Å². The predicted molar refractivity (Wildman–Crippen MR) is 51.8 cm³/mol. The number of allylic oxidation sites excluding steroid dienone is 3. The standard InChI is InChI=1S/C10H17NO/c1-4-5-10(9(3)12)6-8(2)7-11/h4-6,8H,7,11H2,1-3H3/b5-4-,10-6+. The molecular formula is C10H17NO. The molecule has 1 atom stereocenters. The Labute approximate surface area is 74.1 Å². The highest BCUT2D eigenvalue weighted by atomic mass is 16.1. The molecule has 2 nitrogen and oxygen atoms in total. The summed E-state index contributed by atoms with van der Waals surface area (Å²) in [6, 6.07) is 0. The van der Waals surface area contributed by atoms with Crippen molar-refractivity contribution in [2.75, 3.05) is 6.54 Å². The van der Waals surface area contributed by atoms with Gasteiger partial charge in [-0.3, -0.25) is 4.79 Å². The van der Waals surface area contributed by atoms with Crippen LogP contribution in [0.25, 0.3) is 0 Å². The summed E-state index contributed by atoms with van der Waals surface area (Å²) in [4.78, 5) is 11.0. The summed E-state index contributed by atoms with van der Waals surface area (Å²) in [5.74, 6) is 0.355. The topological polar surface area (TPSA) is 43.1 Å². The summed E-state index contributed by atoms with van der Waals surface area (Å²) in [7, 11) is 0. The molecule has 0 bridgehead atoms. The molecule has 2 heteroatoms. The Kier molecular flexibility index (Phi) is 5.30. The maximum absolute atomic E-state index is 11.0. The lowest BCUT2D eigenvalue weighted by atomic mass is 10.0. The largest absolute Gasteiger partial charge is 0.330 e. The van der Waals surface area contributed by atoms with Crippen molar-refractivity contribution in [3.63, 3.8) is 0 Å². The highest BCUT2D eigenvalue weighted by Crippen LogP contribution is 2.04. The third kappa shape index (κ3) is 4.09. The van der Waals surface area contributed by atoms with E-state index in [1.165, 1.54) is 0 Å². The van der Waals surface area contributed by atoms with Crippen LogP contribution in [0.2, 0.25) is 0 Å². The van der Waals surface area contributed by atoms with Crippen molar-refractivity contribution < 1.29 is 4.79 Å². The van der Waals surface area contributed by atoms with Gasteiger partial charge in [-0.15, -0.1) is 0 Å². The minimum Gasteiger partial charge on any atom is -0.330 e. The van der Waals surface area contributed by atoms with E-state index in [1.54, 1.807) is 6.92 Å². The van der Waals surface area contributed by atoms with E-state index in [1.807, 2.05) is 32.1 Å². The molecule has 0 radical (unpaired) electrons. The molecule has 0 aromatic carbocycles. The Hall–Kier alpha value is -0.890. The molecule has 0 aliphatic carbocycles. The Morgan fingerprint density at radius 3 is 2.50 bits per heavy atom. The zero-order valence-electron chi connectivity index (χ0n) is 8.00. The second kappa shape index (κ2) is 5.72. The maximum atomic E-state index is 11.0. The normalized spacial score (nSPS) is 15.2. The SMILES string of the molecule is C/C=C\C(=C/C(C)CN)C(C)=O. The van der Waals surface area contributed by atoms with Gasteiger partial charge in [0.2, 0.25) is 0 Å². The third-order valence-corrected chi connectivity index (χ3v) is 1.59. The Balaban J connectivity index is 4.49. The minimum atomic E-state index is 0.0911. The number of hydrogen-bond donors (Lipinski definition) is 1. The fraction of sp³-hybridized carbons (Fsp3) is 0.500. The van der Waals surface area contributed by atoms with Gasteiger partial charge in [-0.2, -0.15) is 0 Å². The molecule has 12 heavy (non-hydrogen) atoms. The van der Waals surface area contributed by atoms with Crippen molar-refractivity contribution in [2.45, 2.75) is 20.8 Å². The van der Waals surface area contributed by atoms with Gasteiger partial charge in [0.25, 0.3) is 0 Å². The molecule has 0 spiro atoms. The Bertz CT molecular complexity index is 204. The average Bonchev–Trinajstić information content (AvgIpc) is 2.03.